The lowest BCUT2D eigenvalue weighted by atomic mass is 10.1. The first-order valence-corrected chi connectivity index (χ1v) is 6.40. The van der Waals surface area contributed by atoms with Crippen LogP contribution in [0.5, 0.6) is 0 Å². The van der Waals surface area contributed by atoms with E-state index in [-0.39, 0.29) is 5.78 Å². The van der Waals surface area contributed by atoms with Crippen molar-refractivity contribution in [3.63, 3.8) is 0 Å². The highest BCUT2D eigenvalue weighted by molar-refractivity contribution is 7.99. The molecule has 0 fully saturated rings. The molecule has 0 N–H and O–H groups in total. The number of aromatic nitrogens is 2. The third-order valence-corrected chi connectivity index (χ3v) is 3.50. The van der Waals surface area contributed by atoms with Crippen molar-refractivity contribution in [1.82, 2.24) is 9.55 Å². The second-order valence-electron chi connectivity index (χ2n) is 3.81. The minimum atomic E-state index is 0.226. The molecule has 0 aliphatic carbocycles. The molecule has 4 heteroatoms. The number of carbonyl (C=O) groups is 1. The van der Waals surface area contributed by atoms with Crippen LogP contribution in [-0.4, -0.2) is 21.1 Å². The van der Waals surface area contributed by atoms with Crippen molar-refractivity contribution >= 4 is 17.5 Å². The molecule has 3 nitrogen and oxygen atoms in total. The van der Waals surface area contributed by atoms with Crippen molar-refractivity contribution in [2.45, 2.75) is 11.6 Å². The van der Waals surface area contributed by atoms with Gasteiger partial charge in [0.15, 0.2) is 5.16 Å². The van der Waals surface area contributed by atoms with Gasteiger partial charge in [-0.1, -0.05) is 42.1 Å². The number of hydrogen-bond acceptors (Lipinski definition) is 3. The number of rotatable bonds is 5. The third kappa shape index (κ3) is 3.46. The zero-order valence-corrected chi connectivity index (χ0v) is 10.5. The fraction of sp³-hybridized carbons (Fsp3) is 0.231. The summed E-state index contributed by atoms with van der Waals surface area (Å²) >= 11 is 1.48. The van der Waals surface area contributed by atoms with E-state index in [1.165, 1.54) is 11.8 Å². The first-order chi connectivity index (χ1) is 8.25. The van der Waals surface area contributed by atoms with Gasteiger partial charge in [-0.2, -0.15) is 0 Å². The number of carbonyl (C=O) groups excluding carboxylic acids is 1. The quantitative estimate of drug-likeness (QED) is 0.759. The molecule has 0 saturated heterocycles. The van der Waals surface area contributed by atoms with E-state index in [0.29, 0.717) is 12.2 Å². The molecule has 0 aliphatic heterocycles. The molecule has 2 aromatic rings. The lowest BCUT2D eigenvalue weighted by molar-refractivity contribution is -0.116. The molecule has 88 valence electrons. The average molecular weight is 246 g/mol. The van der Waals surface area contributed by atoms with Gasteiger partial charge >= 0.3 is 0 Å². The Bertz CT molecular complexity index is 493. The van der Waals surface area contributed by atoms with Gasteiger partial charge in [-0.3, -0.25) is 4.79 Å². The summed E-state index contributed by atoms with van der Waals surface area (Å²) in [6.07, 6.45) is 4.12. The van der Waals surface area contributed by atoms with Gasteiger partial charge in [-0.05, 0) is 5.56 Å². The van der Waals surface area contributed by atoms with Crippen LogP contribution in [0, 0.1) is 0 Å². The molecule has 0 amide bonds. The van der Waals surface area contributed by atoms with E-state index in [1.807, 2.05) is 48.1 Å². The Labute approximate surface area is 105 Å². The number of nitrogens with zero attached hydrogens (tertiary/aromatic N) is 2. The Hall–Kier alpha value is -1.55. The van der Waals surface area contributed by atoms with E-state index in [1.54, 1.807) is 6.20 Å². The van der Waals surface area contributed by atoms with Crippen molar-refractivity contribution in [1.29, 1.82) is 0 Å². The van der Waals surface area contributed by atoms with Crippen molar-refractivity contribution in [2.75, 3.05) is 5.75 Å². The first kappa shape index (κ1) is 11.9. The van der Waals surface area contributed by atoms with Crippen LogP contribution < -0.4 is 0 Å². The molecule has 2 rings (SSSR count). The normalized spacial score (nSPS) is 10.4. The Kier molecular flexibility index (Phi) is 3.98. The summed E-state index contributed by atoms with van der Waals surface area (Å²) in [6, 6.07) is 9.81. The molecular weight excluding hydrogens is 232 g/mol. The number of benzene rings is 1. The van der Waals surface area contributed by atoms with E-state index in [4.69, 9.17) is 0 Å². The summed E-state index contributed by atoms with van der Waals surface area (Å²) in [7, 11) is 1.93. The molecular formula is C13H14N2OS. The van der Waals surface area contributed by atoms with Crippen LogP contribution in [-0.2, 0) is 18.3 Å². The van der Waals surface area contributed by atoms with Gasteiger partial charge in [0.05, 0.1) is 5.75 Å². The summed E-state index contributed by atoms with van der Waals surface area (Å²) < 4.78 is 1.92. The molecule has 0 radical (unpaired) electrons. The van der Waals surface area contributed by atoms with Crippen LogP contribution in [0.25, 0.3) is 0 Å². The van der Waals surface area contributed by atoms with E-state index < -0.39 is 0 Å². The van der Waals surface area contributed by atoms with Gasteiger partial charge in [0, 0.05) is 25.9 Å². The van der Waals surface area contributed by atoms with E-state index in [2.05, 4.69) is 4.98 Å². The predicted octanol–water partition coefficient (Wildman–Crippen LogP) is 2.32. The van der Waals surface area contributed by atoms with Crippen LogP contribution in [0.15, 0.2) is 47.9 Å². The van der Waals surface area contributed by atoms with E-state index in [9.17, 15) is 4.79 Å². The Balaban J connectivity index is 1.84. The Morgan fingerprint density at radius 2 is 2.12 bits per heavy atom. The van der Waals surface area contributed by atoms with Crippen LogP contribution >= 0.6 is 11.8 Å². The fourth-order valence-electron chi connectivity index (χ4n) is 1.51. The van der Waals surface area contributed by atoms with Gasteiger partial charge in [0.2, 0.25) is 0 Å². The first-order valence-electron chi connectivity index (χ1n) is 5.41. The largest absolute Gasteiger partial charge is 0.329 e. The van der Waals surface area contributed by atoms with Crippen LogP contribution in [0.1, 0.15) is 5.56 Å². The van der Waals surface area contributed by atoms with Gasteiger partial charge < -0.3 is 4.57 Å². The summed E-state index contributed by atoms with van der Waals surface area (Å²) in [4.78, 5) is 15.9. The number of Topliss-reactive ketones (excluding diaryl/α,β-unsaturated/α-hetero) is 1. The van der Waals surface area contributed by atoms with E-state index >= 15 is 0 Å². The molecule has 0 bridgehead atoms. The van der Waals surface area contributed by atoms with Crippen LogP contribution in [0.4, 0.5) is 0 Å². The van der Waals surface area contributed by atoms with Crippen molar-refractivity contribution < 1.29 is 4.79 Å². The van der Waals surface area contributed by atoms with Crippen LogP contribution in [0.3, 0.4) is 0 Å². The van der Waals surface area contributed by atoms with Gasteiger partial charge in [0.1, 0.15) is 5.78 Å². The molecule has 0 spiro atoms. The highest BCUT2D eigenvalue weighted by Gasteiger charge is 2.06. The summed E-state index contributed by atoms with van der Waals surface area (Å²) in [5, 5.41) is 0.881. The predicted molar refractivity (Wildman–Crippen MR) is 69.1 cm³/mol. The smallest absolute Gasteiger partial charge is 0.168 e. The molecule has 1 aromatic carbocycles. The number of imidazole rings is 1. The summed E-state index contributed by atoms with van der Waals surface area (Å²) in [5.41, 5.74) is 1.07. The second kappa shape index (κ2) is 5.68. The minimum Gasteiger partial charge on any atom is -0.329 e. The molecule has 0 aliphatic rings. The number of ketones is 1. The molecule has 0 unspecified atom stereocenters. The Morgan fingerprint density at radius 3 is 2.76 bits per heavy atom. The van der Waals surface area contributed by atoms with Gasteiger partial charge in [-0.15, -0.1) is 0 Å². The lowest BCUT2D eigenvalue weighted by Gasteiger charge is -2.01. The summed E-state index contributed by atoms with van der Waals surface area (Å²) in [5.74, 6) is 0.698. The topological polar surface area (TPSA) is 34.9 Å². The standard InChI is InChI=1S/C13H14N2OS/c1-15-8-7-14-13(15)17-10-12(16)9-11-5-3-2-4-6-11/h2-8H,9-10H2,1H3. The number of aryl methyl sites for hydroxylation is 1. The second-order valence-corrected chi connectivity index (χ2v) is 4.75. The molecule has 0 saturated carbocycles. The third-order valence-electron chi connectivity index (χ3n) is 2.38. The fourth-order valence-corrected chi connectivity index (χ4v) is 2.30. The van der Waals surface area contributed by atoms with Crippen molar-refractivity contribution in [3.8, 4) is 0 Å². The van der Waals surface area contributed by atoms with Gasteiger partial charge in [-0.25, -0.2) is 4.98 Å². The van der Waals surface area contributed by atoms with E-state index in [0.717, 1.165) is 10.7 Å². The highest BCUT2D eigenvalue weighted by atomic mass is 32.2. The average Bonchev–Trinajstić information content (AvgIpc) is 2.74. The molecule has 17 heavy (non-hydrogen) atoms. The molecule has 1 heterocycles. The summed E-state index contributed by atoms with van der Waals surface area (Å²) in [6.45, 7) is 0. The maximum Gasteiger partial charge on any atom is 0.168 e. The maximum atomic E-state index is 11.8. The van der Waals surface area contributed by atoms with Gasteiger partial charge in [0.25, 0.3) is 0 Å². The zero-order valence-electron chi connectivity index (χ0n) is 9.67. The Morgan fingerprint density at radius 1 is 1.35 bits per heavy atom. The number of hydrogen-bond donors (Lipinski definition) is 0. The lowest BCUT2D eigenvalue weighted by Crippen LogP contribution is -2.06. The number of thioether (sulfide) groups is 1. The maximum absolute atomic E-state index is 11.8. The van der Waals surface area contributed by atoms with Crippen LogP contribution in [0.2, 0.25) is 0 Å². The molecule has 0 atom stereocenters. The van der Waals surface area contributed by atoms with Crippen molar-refractivity contribution in [2.24, 2.45) is 7.05 Å². The molecule has 1 aromatic heterocycles. The van der Waals surface area contributed by atoms with Crippen molar-refractivity contribution in [3.05, 3.63) is 48.3 Å². The highest BCUT2D eigenvalue weighted by Crippen LogP contribution is 2.15. The SMILES string of the molecule is Cn1ccnc1SCC(=O)Cc1ccccc1. The monoisotopic (exact) mass is 246 g/mol. The zero-order chi connectivity index (χ0) is 12.1. The minimum absolute atomic E-state index is 0.226.